The third kappa shape index (κ3) is 5.76. The number of hydrogen-bond acceptors (Lipinski definition) is 10. The number of piperidine rings is 1. The number of hydrogen-bond donors (Lipinski definition) is 3. The van der Waals surface area contributed by atoms with Gasteiger partial charge in [0.25, 0.3) is 0 Å². The van der Waals surface area contributed by atoms with Gasteiger partial charge in [-0.05, 0) is 41.8 Å². The monoisotopic (exact) mass is 622 g/mol. The highest BCUT2D eigenvalue weighted by atomic mass is 19.1. The zero-order valence-corrected chi connectivity index (χ0v) is 25.3. The Kier molecular flexibility index (Phi) is 8.29. The van der Waals surface area contributed by atoms with Gasteiger partial charge in [-0.15, -0.1) is 0 Å². The van der Waals surface area contributed by atoms with Crippen molar-refractivity contribution in [1.29, 1.82) is 0 Å². The molecule has 0 unspecified atom stereocenters. The van der Waals surface area contributed by atoms with Gasteiger partial charge < -0.3 is 35.4 Å². The van der Waals surface area contributed by atoms with E-state index in [1.807, 2.05) is 13.0 Å². The van der Waals surface area contributed by atoms with E-state index in [4.69, 9.17) is 15.2 Å². The molecule has 0 radical (unpaired) electrons. The van der Waals surface area contributed by atoms with Crippen molar-refractivity contribution in [2.75, 3.05) is 50.7 Å². The second-order valence-corrected chi connectivity index (χ2v) is 11.7. The third-order valence-corrected chi connectivity index (χ3v) is 8.80. The van der Waals surface area contributed by atoms with Crippen LogP contribution in [0.5, 0.6) is 0 Å². The number of aliphatic hydroxyl groups is 1. The maximum atomic E-state index is 15.4. The molecule has 5 heterocycles. The number of anilines is 3. The number of rotatable bonds is 6. The number of aromatic nitrogens is 4. The predicted molar refractivity (Wildman–Crippen MR) is 163 cm³/mol. The molecule has 45 heavy (non-hydrogen) atoms. The van der Waals surface area contributed by atoms with Crippen molar-refractivity contribution in [3.63, 3.8) is 0 Å². The van der Waals surface area contributed by atoms with Crippen LogP contribution in [0.25, 0.3) is 16.8 Å². The first-order chi connectivity index (χ1) is 21.6. The Morgan fingerprint density at radius 2 is 1.91 bits per heavy atom. The number of fused-ring (bicyclic) bond motifs is 1. The highest BCUT2D eigenvalue weighted by Crippen LogP contribution is 2.36. The van der Waals surface area contributed by atoms with Gasteiger partial charge >= 0.3 is 6.09 Å². The van der Waals surface area contributed by atoms with E-state index < -0.39 is 23.3 Å². The van der Waals surface area contributed by atoms with Gasteiger partial charge in [0.1, 0.15) is 11.6 Å². The molecule has 1 aromatic carbocycles. The third-order valence-electron chi connectivity index (χ3n) is 8.80. The maximum Gasteiger partial charge on any atom is 0.409 e. The molecule has 2 aliphatic rings. The summed E-state index contributed by atoms with van der Waals surface area (Å²) in [5.74, 6) is -1.31. The number of benzene rings is 1. The molecular weight excluding hydrogens is 586 g/mol. The average molecular weight is 623 g/mol. The van der Waals surface area contributed by atoms with E-state index in [-0.39, 0.29) is 47.7 Å². The molecule has 238 valence electrons. The van der Waals surface area contributed by atoms with Gasteiger partial charge in [-0.3, -0.25) is 4.98 Å². The fourth-order valence-corrected chi connectivity index (χ4v) is 6.51. The van der Waals surface area contributed by atoms with Crippen LogP contribution in [0.3, 0.4) is 0 Å². The Balaban J connectivity index is 1.28. The van der Waals surface area contributed by atoms with Gasteiger partial charge in [0, 0.05) is 58.4 Å². The number of nitrogens with zero attached hydrogens (tertiary/aromatic N) is 6. The highest BCUT2D eigenvalue weighted by Gasteiger charge is 2.38. The molecule has 2 fully saturated rings. The molecular formula is C31H36F2N8O4. The van der Waals surface area contributed by atoms with Crippen molar-refractivity contribution >= 4 is 28.9 Å². The number of nitrogens with one attached hydrogen (secondary N) is 1. The lowest BCUT2D eigenvalue weighted by Crippen LogP contribution is -2.62. The average Bonchev–Trinajstić information content (AvgIpc) is 3.42. The van der Waals surface area contributed by atoms with E-state index in [9.17, 15) is 9.90 Å². The van der Waals surface area contributed by atoms with Crippen LogP contribution in [-0.2, 0) is 15.1 Å². The number of imidazole rings is 1. The van der Waals surface area contributed by atoms with Crippen molar-refractivity contribution in [2.45, 2.75) is 37.5 Å². The molecule has 0 bridgehead atoms. The van der Waals surface area contributed by atoms with Gasteiger partial charge in [-0.2, -0.15) is 9.61 Å². The summed E-state index contributed by atoms with van der Waals surface area (Å²) in [4.78, 5) is 24.6. The normalized spacial score (nSPS) is 21.5. The van der Waals surface area contributed by atoms with E-state index in [0.29, 0.717) is 43.5 Å². The van der Waals surface area contributed by atoms with Crippen molar-refractivity contribution in [3.05, 3.63) is 66.1 Å². The number of ether oxygens (including phenoxy) is 2. The van der Waals surface area contributed by atoms with Gasteiger partial charge in [-0.25, -0.2) is 18.6 Å². The Morgan fingerprint density at radius 1 is 1.18 bits per heavy atom. The summed E-state index contributed by atoms with van der Waals surface area (Å²) in [6.45, 7) is 3.74. The maximum absolute atomic E-state index is 15.4. The summed E-state index contributed by atoms with van der Waals surface area (Å²) in [5.41, 5.74) is 7.20. The molecule has 0 spiro atoms. The van der Waals surface area contributed by atoms with Gasteiger partial charge in [0.05, 0.1) is 59.3 Å². The molecule has 3 atom stereocenters. The van der Waals surface area contributed by atoms with Gasteiger partial charge in [-0.1, -0.05) is 6.92 Å². The first kappa shape index (κ1) is 30.6. The van der Waals surface area contributed by atoms with Gasteiger partial charge in [0.15, 0.2) is 0 Å². The van der Waals surface area contributed by atoms with E-state index in [2.05, 4.69) is 25.3 Å². The zero-order valence-electron chi connectivity index (χ0n) is 25.3. The summed E-state index contributed by atoms with van der Waals surface area (Å²) in [7, 11) is 3.03. The molecule has 12 nitrogen and oxygen atoms in total. The summed E-state index contributed by atoms with van der Waals surface area (Å²) in [5, 5.41) is 18.8. The molecule has 4 N–H and O–H groups in total. The quantitative estimate of drug-likeness (QED) is 0.292. The summed E-state index contributed by atoms with van der Waals surface area (Å²) >= 11 is 0. The molecule has 14 heteroatoms. The first-order valence-electron chi connectivity index (χ1n) is 14.8. The van der Waals surface area contributed by atoms with Crippen LogP contribution >= 0.6 is 0 Å². The number of amides is 1. The van der Waals surface area contributed by atoms with Crippen LogP contribution in [0.1, 0.15) is 25.3 Å². The highest BCUT2D eigenvalue weighted by molar-refractivity contribution is 5.74. The SMILES string of the molecule is COC(=O)N(C)[C@@H]1[C@H](N)CN(c2ccncc2Nc2ncc3ccc(-c4c(F)cc(C5(O)CCOCC5)cc4F)nn23)C[C@@H]1C. The zero-order chi connectivity index (χ0) is 31.9. The van der Waals surface area contributed by atoms with E-state index in [1.54, 1.807) is 36.6 Å². The molecule has 4 aromatic rings. The number of methoxy groups -OCH3 is 1. The summed E-state index contributed by atoms with van der Waals surface area (Å²) in [6, 6.07) is 6.84. The topological polar surface area (TPSA) is 143 Å². The molecule has 6 rings (SSSR count). The summed E-state index contributed by atoms with van der Waals surface area (Å²) < 4.78 is 42.6. The fraction of sp³-hybridized carbons (Fsp3) is 0.419. The minimum absolute atomic E-state index is 0.0266. The Bertz CT molecular complexity index is 1680. The smallest absolute Gasteiger partial charge is 0.409 e. The van der Waals surface area contributed by atoms with Crippen molar-refractivity contribution < 1.29 is 28.2 Å². The minimum Gasteiger partial charge on any atom is -0.453 e. The second kappa shape index (κ2) is 12.2. The standard InChI is InChI=1S/C31H36F2N8O4/c1-18-16-40(17-23(34)28(18)39(2)30(42)44-3)26-6-9-35-15-25(26)37-29-36-14-20-4-5-24(38-41(20)29)27-21(32)12-19(13-22(27)33)31(43)7-10-45-11-8-31/h4-6,9,12-15,18,23,28,43H,7-8,10-11,16-17,34H2,1-3H3,(H,36,37)/t18-,23+,28-/m0/s1. The molecule has 0 aliphatic carbocycles. The molecule has 2 saturated heterocycles. The number of pyridine rings is 1. The number of likely N-dealkylation sites (N-methyl/N-ethyl adjacent to an activating group) is 1. The number of halogens is 2. The van der Waals surface area contributed by atoms with Crippen LogP contribution in [0.15, 0.2) is 48.9 Å². The van der Waals surface area contributed by atoms with Crippen LogP contribution in [0.2, 0.25) is 0 Å². The molecule has 0 saturated carbocycles. The van der Waals surface area contributed by atoms with Crippen molar-refractivity contribution in [2.24, 2.45) is 11.7 Å². The number of nitrogens with two attached hydrogens (primary N) is 1. The number of carbonyl (C=O) groups excluding carboxylic acids is 1. The van der Waals surface area contributed by atoms with E-state index >= 15 is 8.78 Å². The fourth-order valence-electron chi connectivity index (χ4n) is 6.51. The Hall–Kier alpha value is -4.40. The first-order valence-corrected chi connectivity index (χ1v) is 14.8. The van der Waals surface area contributed by atoms with E-state index in [0.717, 1.165) is 5.69 Å². The lowest BCUT2D eigenvalue weighted by atomic mass is 9.85. The minimum atomic E-state index is -1.35. The Morgan fingerprint density at radius 3 is 2.60 bits per heavy atom. The van der Waals surface area contributed by atoms with Gasteiger partial charge in [0.2, 0.25) is 5.95 Å². The number of carbonyl (C=O) groups is 1. The van der Waals surface area contributed by atoms with Crippen LogP contribution in [0, 0.1) is 17.6 Å². The second-order valence-electron chi connectivity index (χ2n) is 11.7. The van der Waals surface area contributed by atoms with Crippen LogP contribution < -0.4 is 16.0 Å². The van der Waals surface area contributed by atoms with Crippen LogP contribution in [-0.4, -0.2) is 88.2 Å². The summed E-state index contributed by atoms with van der Waals surface area (Å²) in [6.07, 6.45) is 4.99. The largest absolute Gasteiger partial charge is 0.453 e. The molecule has 2 aliphatic heterocycles. The Labute approximate surface area is 258 Å². The lowest BCUT2D eigenvalue weighted by molar-refractivity contribution is -0.0682. The van der Waals surface area contributed by atoms with Crippen molar-refractivity contribution in [3.8, 4) is 11.3 Å². The predicted octanol–water partition coefficient (Wildman–Crippen LogP) is 3.66. The molecule has 3 aromatic heterocycles. The molecule has 1 amide bonds. The van der Waals surface area contributed by atoms with E-state index in [1.165, 1.54) is 29.8 Å². The van der Waals surface area contributed by atoms with Crippen molar-refractivity contribution in [1.82, 2.24) is 24.5 Å². The van der Waals surface area contributed by atoms with Crippen LogP contribution in [0.4, 0.5) is 30.9 Å². The lowest BCUT2D eigenvalue weighted by Gasteiger charge is -2.45.